The molecule has 3 aromatic rings. The second-order valence-electron chi connectivity index (χ2n) is 6.59. The van der Waals surface area contributed by atoms with Gasteiger partial charge in [0.15, 0.2) is 11.5 Å². The summed E-state index contributed by atoms with van der Waals surface area (Å²) in [5.74, 6) is 5.04. The normalized spacial score (nSPS) is 26.4. The Labute approximate surface area is 158 Å². The zero-order valence-electron chi connectivity index (χ0n) is 14.1. The van der Waals surface area contributed by atoms with Crippen LogP contribution in [0, 0.1) is 5.92 Å². The highest BCUT2D eigenvalue weighted by Gasteiger charge is 2.47. The molecule has 1 aliphatic rings. The van der Waals surface area contributed by atoms with E-state index in [1.807, 2.05) is 0 Å². The van der Waals surface area contributed by atoms with Gasteiger partial charge < -0.3 is 15.6 Å². The first-order chi connectivity index (χ1) is 13.0. The molecule has 0 unspecified atom stereocenters. The number of benzene rings is 1. The topological polar surface area (TPSA) is 122 Å². The Morgan fingerprint density at radius 1 is 1.22 bits per heavy atom. The van der Waals surface area contributed by atoms with Crippen LogP contribution in [-0.4, -0.2) is 42.2 Å². The number of aromatic nitrogens is 4. The number of anilines is 1. The third-order valence-electron chi connectivity index (χ3n) is 5.10. The number of nitrogens with zero attached hydrogens (tertiary/aromatic N) is 4. The van der Waals surface area contributed by atoms with Crippen LogP contribution in [0.5, 0.6) is 0 Å². The average molecular weight is 393 g/mol. The van der Waals surface area contributed by atoms with Gasteiger partial charge in [0.25, 0.3) is 0 Å². The fourth-order valence-corrected chi connectivity index (χ4v) is 3.82. The molecule has 2 heterocycles. The van der Waals surface area contributed by atoms with Gasteiger partial charge in [-0.15, -0.1) is 0 Å². The summed E-state index contributed by atoms with van der Waals surface area (Å²) in [5.41, 5.74) is 3.30. The third-order valence-corrected chi connectivity index (χ3v) is 5.35. The molecule has 1 fully saturated rings. The molecule has 0 aliphatic heterocycles. The van der Waals surface area contributed by atoms with E-state index in [-0.39, 0.29) is 6.42 Å². The van der Waals surface area contributed by atoms with Crippen molar-refractivity contribution in [2.75, 3.05) is 5.43 Å². The van der Waals surface area contributed by atoms with Gasteiger partial charge in [-0.2, -0.15) is 5.10 Å². The molecular weight excluding hydrogens is 375 g/mol. The fraction of sp³-hybridized carbons (Fsp3) is 0.353. The smallest absolute Gasteiger partial charge is 0.163 e. The molecule has 0 saturated heterocycles. The van der Waals surface area contributed by atoms with Crippen LogP contribution in [0.1, 0.15) is 24.2 Å². The summed E-state index contributed by atoms with van der Waals surface area (Å²) in [6.07, 6.45) is -0.853. The maximum absolute atomic E-state index is 15.0. The Bertz CT molecular complexity index is 952. The second-order valence-corrected chi connectivity index (χ2v) is 7.03. The summed E-state index contributed by atoms with van der Waals surface area (Å²) in [6.45, 7) is 0. The minimum atomic E-state index is -1.45. The fourth-order valence-electron chi connectivity index (χ4n) is 3.69. The van der Waals surface area contributed by atoms with E-state index in [4.69, 9.17) is 17.4 Å². The standard InChI is InChI=1S/C17H18ClFN6O2/c18-9-3-1-8(2-4-9)13(19)10-5-12(15(27)14(10)26)25-17-11(6-23-25)16(24-20)21-7-22-17/h1-4,6-7,10,12-15,26-27H,5,20H2,(H,21,22,24)/t10-,12-,13-,14-,15+/m1/s1. The molecular formula is C17H18ClFN6O2. The third kappa shape index (κ3) is 3.02. The summed E-state index contributed by atoms with van der Waals surface area (Å²) in [7, 11) is 0. The SMILES string of the molecule is NNc1ncnc2c1cnn2[C@@H]1C[C@H]([C@H](F)c2ccc(Cl)cc2)[C@@H](O)[C@H]1O. The van der Waals surface area contributed by atoms with Gasteiger partial charge in [0.1, 0.15) is 18.6 Å². The molecule has 5 atom stereocenters. The van der Waals surface area contributed by atoms with E-state index < -0.39 is 30.3 Å². The summed E-state index contributed by atoms with van der Waals surface area (Å²) >= 11 is 5.85. The van der Waals surface area contributed by atoms with Crippen LogP contribution >= 0.6 is 11.6 Å². The van der Waals surface area contributed by atoms with Gasteiger partial charge in [0, 0.05) is 10.9 Å². The van der Waals surface area contributed by atoms with Crippen LogP contribution in [0.2, 0.25) is 5.02 Å². The lowest BCUT2D eigenvalue weighted by Crippen LogP contribution is -2.31. The Hall–Kier alpha value is -2.33. The van der Waals surface area contributed by atoms with E-state index in [2.05, 4.69) is 20.5 Å². The molecule has 0 radical (unpaired) electrons. The van der Waals surface area contributed by atoms with E-state index in [0.29, 0.717) is 27.4 Å². The number of aliphatic hydroxyl groups is 2. The second kappa shape index (κ2) is 7.01. The number of hydrogen-bond acceptors (Lipinski definition) is 7. The maximum Gasteiger partial charge on any atom is 0.163 e. The number of nitrogens with two attached hydrogens (primary N) is 1. The predicted octanol–water partition coefficient (Wildman–Crippen LogP) is 1.76. The van der Waals surface area contributed by atoms with Gasteiger partial charge >= 0.3 is 0 Å². The highest BCUT2D eigenvalue weighted by atomic mass is 35.5. The van der Waals surface area contributed by atoms with Crippen molar-refractivity contribution in [2.45, 2.75) is 30.8 Å². The van der Waals surface area contributed by atoms with Crippen molar-refractivity contribution in [3.8, 4) is 0 Å². The Kier molecular flexibility index (Phi) is 4.68. The lowest BCUT2D eigenvalue weighted by Gasteiger charge is -2.20. The van der Waals surface area contributed by atoms with Crippen LogP contribution in [0.4, 0.5) is 10.2 Å². The van der Waals surface area contributed by atoms with E-state index in [1.54, 1.807) is 24.3 Å². The highest BCUT2D eigenvalue weighted by molar-refractivity contribution is 6.30. The first-order valence-corrected chi connectivity index (χ1v) is 8.79. The molecule has 0 amide bonds. The van der Waals surface area contributed by atoms with Crippen molar-refractivity contribution < 1.29 is 14.6 Å². The average Bonchev–Trinajstić information content (AvgIpc) is 3.23. The molecule has 142 valence electrons. The first kappa shape index (κ1) is 18.1. The van der Waals surface area contributed by atoms with Crippen LogP contribution in [-0.2, 0) is 0 Å². The molecule has 5 N–H and O–H groups in total. The molecule has 1 aromatic carbocycles. The number of nitrogen functional groups attached to an aromatic ring is 1. The minimum Gasteiger partial charge on any atom is -0.390 e. The van der Waals surface area contributed by atoms with Gasteiger partial charge in [0.05, 0.1) is 23.7 Å². The Balaban J connectivity index is 1.65. The lowest BCUT2D eigenvalue weighted by molar-refractivity contribution is -0.0108. The number of fused-ring (bicyclic) bond motifs is 1. The summed E-state index contributed by atoms with van der Waals surface area (Å²) in [6, 6.07) is 5.72. The van der Waals surface area contributed by atoms with E-state index in [9.17, 15) is 10.2 Å². The van der Waals surface area contributed by atoms with E-state index in [1.165, 1.54) is 17.2 Å². The van der Waals surface area contributed by atoms with Crippen molar-refractivity contribution >= 4 is 28.5 Å². The van der Waals surface area contributed by atoms with Crippen molar-refractivity contribution in [1.82, 2.24) is 19.7 Å². The summed E-state index contributed by atoms with van der Waals surface area (Å²) in [4.78, 5) is 8.19. The number of alkyl halides is 1. The van der Waals surface area contributed by atoms with Crippen molar-refractivity contribution in [1.29, 1.82) is 0 Å². The number of halogens is 2. The van der Waals surface area contributed by atoms with Crippen molar-refractivity contribution in [3.63, 3.8) is 0 Å². The molecule has 27 heavy (non-hydrogen) atoms. The molecule has 1 aliphatic carbocycles. The molecule has 8 nitrogen and oxygen atoms in total. The van der Waals surface area contributed by atoms with E-state index in [0.717, 1.165) is 0 Å². The largest absolute Gasteiger partial charge is 0.390 e. The maximum atomic E-state index is 15.0. The molecule has 4 rings (SSSR count). The van der Waals surface area contributed by atoms with Crippen molar-refractivity contribution in [2.24, 2.45) is 11.8 Å². The number of rotatable bonds is 4. The molecule has 0 bridgehead atoms. The highest BCUT2D eigenvalue weighted by Crippen LogP contribution is 2.44. The zero-order chi connectivity index (χ0) is 19.1. The van der Waals surface area contributed by atoms with Gasteiger partial charge in [-0.3, -0.25) is 0 Å². The quantitative estimate of drug-likeness (QED) is 0.394. The molecule has 2 aromatic heterocycles. The Morgan fingerprint density at radius 3 is 2.67 bits per heavy atom. The van der Waals surface area contributed by atoms with Gasteiger partial charge in [-0.25, -0.2) is 24.9 Å². The minimum absolute atomic E-state index is 0.193. The first-order valence-electron chi connectivity index (χ1n) is 8.41. The lowest BCUT2D eigenvalue weighted by atomic mass is 9.93. The number of aliphatic hydroxyl groups excluding tert-OH is 2. The van der Waals surface area contributed by atoms with Crippen LogP contribution in [0.25, 0.3) is 11.0 Å². The molecule has 0 spiro atoms. The number of hydrogen-bond donors (Lipinski definition) is 4. The molecule has 10 heteroatoms. The van der Waals surface area contributed by atoms with E-state index >= 15 is 4.39 Å². The van der Waals surface area contributed by atoms with Crippen LogP contribution in [0.3, 0.4) is 0 Å². The number of nitrogens with one attached hydrogen (secondary N) is 1. The summed E-state index contributed by atoms with van der Waals surface area (Å²) in [5, 5.41) is 26.3. The predicted molar refractivity (Wildman–Crippen MR) is 97.6 cm³/mol. The van der Waals surface area contributed by atoms with Crippen LogP contribution in [0.15, 0.2) is 36.8 Å². The monoisotopic (exact) mass is 392 g/mol. The summed E-state index contributed by atoms with van der Waals surface area (Å²) < 4.78 is 16.5. The van der Waals surface area contributed by atoms with Crippen molar-refractivity contribution in [3.05, 3.63) is 47.4 Å². The van der Waals surface area contributed by atoms with Gasteiger partial charge in [-0.1, -0.05) is 23.7 Å². The molecule has 1 saturated carbocycles. The Morgan fingerprint density at radius 2 is 1.96 bits per heavy atom. The zero-order valence-corrected chi connectivity index (χ0v) is 14.8. The van der Waals surface area contributed by atoms with Gasteiger partial charge in [0.2, 0.25) is 0 Å². The van der Waals surface area contributed by atoms with Crippen LogP contribution < -0.4 is 11.3 Å². The van der Waals surface area contributed by atoms with Gasteiger partial charge in [-0.05, 0) is 24.1 Å². The number of hydrazine groups is 1.